The zero-order valence-electron chi connectivity index (χ0n) is 9.38. The first-order valence-corrected chi connectivity index (χ1v) is 5.28. The van der Waals surface area contributed by atoms with Crippen LogP contribution in [0.25, 0.3) is 0 Å². The van der Waals surface area contributed by atoms with Gasteiger partial charge in [-0.1, -0.05) is 6.42 Å². The summed E-state index contributed by atoms with van der Waals surface area (Å²) < 4.78 is 0. The minimum absolute atomic E-state index is 0.156. The molecule has 0 aliphatic heterocycles. The third kappa shape index (κ3) is 9.48. The summed E-state index contributed by atoms with van der Waals surface area (Å²) in [6.45, 7) is 2.36. The monoisotopic (exact) mass is 201 g/mol. The Bertz CT molecular complexity index is 148. The summed E-state index contributed by atoms with van der Waals surface area (Å²) >= 11 is 0. The van der Waals surface area contributed by atoms with E-state index in [1.807, 2.05) is 14.1 Å². The molecule has 0 atom stereocenters. The predicted octanol–water partition coefficient (Wildman–Crippen LogP) is 0.183. The van der Waals surface area contributed by atoms with Crippen LogP contribution in [0.3, 0.4) is 0 Å². The largest absolute Gasteiger partial charge is 0.355 e. The summed E-state index contributed by atoms with van der Waals surface area (Å²) in [5, 5.41) is 2.88. The fraction of sp³-hybridized carbons (Fsp3) is 0.900. The van der Waals surface area contributed by atoms with E-state index in [1.165, 1.54) is 0 Å². The molecule has 0 radical (unpaired) electrons. The van der Waals surface area contributed by atoms with Gasteiger partial charge in [-0.25, -0.2) is 0 Å². The second-order valence-electron chi connectivity index (χ2n) is 3.75. The Morgan fingerprint density at radius 1 is 1.29 bits per heavy atom. The lowest BCUT2D eigenvalue weighted by atomic mass is 10.2. The highest BCUT2D eigenvalue weighted by atomic mass is 16.1. The molecule has 0 saturated carbocycles. The number of hydrogen-bond donors (Lipinski definition) is 2. The van der Waals surface area contributed by atoms with E-state index < -0.39 is 0 Å². The van der Waals surface area contributed by atoms with Crippen molar-refractivity contribution < 1.29 is 4.79 Å². The van der Waals surface area contributed by atoms with Crippen molar-refractivity contribution in [2.75, 3.05) is 33.7 Å². The highest BCUT2D eigenvalue weighted by Crippen LogP contribution is 1.97. The highest BCUT2D eigenvalue weighted by molar-refractivity contribution is 5.75. The average molecular weight is 201 g/mol. The number of nitrogens with zero attached hydrogens (tertiary/aromatic N) is 1. The van der Waals surface area contributed by atoms with Gasteiger partial charge in [-0.2, -0.15) is 0 Å². The van der Waals surface area contributed by atoms with Crippen LogP contribution in [-0.2, 0) is 4.79 Å². The van der Waals surface area contributed by atoms with Gasteiger partial charge in [-0.05, 0) is 33.5 Å². The summed E-state index contributed by atoms with van der Waals surface area (Å²) in [5.74, 6) is 0.156. The molecule has 0 aromatic carbocycles. The van der Waals surface area contributed by atoms with Gasteiger partial charge in [-0.15, -0.1) is 0 Å². The van der Waals surface area contributed by atoms with Gasteiger partial charge in [0, 0.05) is 19.5 Å². The number of carbonyl (C=O) groups is 1. The van der Waals surface area contributed by atoms with Crippen LogP contribution in [0.2, 0.25) is 0 Å². The SMILES string of the molecule is CN(C)CCNC(=O)CCCCCN. The molecule has 0 aromatic heterocycles. The number of hydrogen-bond acceptors (Lipinski definition) is 3. The van der Waals surface area contributed by atoms with Crippen LogP contribution in [-0.4, -0.2) is 44.5 Å². The predicted molar refractivity (Wildman–Crippen MR) is 59.1 cm³/mol. The van der Waals surface area contributed by atoms with Gasteiger partial charge in [0.1, 0.15) is 0 Å². The van der Waals surface area contributed by atoms with Crippen molar-refractivity contribution in [2.24, 2.45) is 5.73 Å². The lowest BCUT2D eigenvalue weighted by Crippen LogP contribution is -2.31. The lowest BCUT2D eigenvalue weighted by Gasteiger charge is -2.10. The van der Waals surface area contributed by atoms with Crippen molar-refractivity contribution in [3.8, 4) is 0 Å². The standard InChI is InChI=1S/C10H23N3O/c1-13(2)9-8-12-10(14)6-4-3-5-7-11/h3-9,11H2,1-2H3,(H,12,14). The summed E-state index contributed by atoms with van der Waals surface area (Å²) in [7, 11) is 3.99. The number of likely N-dealkylation sites (N-methyl/N-ethyl adjacent to an activating group) is 1. The van der Waals surface area contributed by atoms with Crippen LogP contribution in [0.1, 0.15) is 25.7 Å². The van der Waals surface area contributed by atoms with Crippen LogP contribution in [0.15, 0.2) is 0 Å². The highest BCUT2D eigenvalue weighted by Gasteiger charge is 1.99. The van der Waals surface area contributed by atoms with Gasteiger partial charge in [0.05, 0.1) is 0 Å². The fourth-order valence-corrected chi connectivity index (χ4v) is 1.11. The molecular formula is C10H23N3O. The quantitative estimate of drug-likeness (QED) is 0.551. The maximum atomic E-state index is 11.2. The van der Waals surface area contributed by atoms with E-state index in [0.29, 0.717) is 6.42 Å². The molecule has 0 fully saturated rings. The van der Waals surface area contributed by atoms with E-state index >= 15 is 0 Å². The zero-order chi connectivity index (χ0) is 10.8. The normalized spacial score (nSPS) is 10.6. The van der Waals surface area contributed by atoms with Crippen LogP contribution < -0.4 is 11.1 Å². The second kappa shape index (κ2) is 8.97. The molecule has 0 unspecified atom stereocenters. The minimum atomic E-state index is 0.156. The van der Waals surface area contributed by atoms with Crippen LogP contribution in [0, 0.1) is 0 Å². The summed E-state index contributed by atoms with van der Waals surface area (Å²) in [6, 6.07) is 0. The van der Waals surface area contributed by atoms with Crippen LogP contribution >= 0.6 is 0 Å². The molecule has 0 aliphatic carbocycles. The molecule has 0 saturated heterocycles. The molecule has 14 heavy (non-hydrogen) atoms. The van der Waals surface area contributed by atoms with E-state index in [4.69, 9.17) is 5.73 Å². The molecule has 0 rings (SSSR count). The number of nitrogens with one attached hydrogen (secondary N) is 1. The van der Waals surface area contributed by atoms with Gasteiger partial charge in [0.15, 0.2) is 0 Å². The molecule has 84 valence electrons. The van der Waals surface area contributed by atoms with Crippen molar-refractivity contribution in [3.05, 3.63) is 0 Å². The van der Waals surface area contributed by atoms with E-state index in [2.05, 4.69) is 10.2 Å². The molecule has 0 aromatic rings. The number of unbranched alkanes of at least 4 members (excludes halogenated alkanes) is 2. The Hall–Kier alpha value is -0.610. The number of amides is 1. The van der Waals surface area contributed by atoms with Crippen molar-refractivity contribution >= 4 is 5.91 Å². The van der Waals surface area contributed by atoms with Gasteiger partial charge < -0.3 is 16.0 Å². The average Bonchev–Trinajstić information content (AvgIpc) is 2.12. The van der Waals surface area contributed by atoms with Crippen molar-refractivity contribution in [3.63, 3.8) is 0 Å². The van der Waals surface area contributed by atoms with Gasteiger partial charge in [-0.3, -0.25) is 4.79 Å². The molecule has 4 nitrogen and oxygen atoms in total. The Balaban J connectivity index is 3.20. The number of rotatable bonds is 8. The minimum Gasteiger partial charge on any atom is -0.355 e. The smallest absolute Gasteiger partial charge is 0.220 e. The number of nitrogens with two attached hydrogens (primary N) is 1. The first kappa shape index (κ1) is 13.4. The van der Waals surface area contributed by atoms with Crippen LogP contribution in [0.5, 0.6) is 0 Å². The van der Waals surface area contributed by atoms with Gasteiger partial charge in [0.2, 0.25) is 5.91 Å². The van der Waals surface area contributed by atoms with Crippen molar-refractivity contribution in [2.45, 2.75) is 25.7 Å². The van der Waals surface area contributed by atoms with Crippen LogP contribution in [0.4, 0.5) is 0 Å². The molecular weight excluding hydrogens is 178 g/mol. The lowest BCUT2D eigenvalue weighted by molar-refractivity contribution is -0.121. The van der Waals surface area contributed by atoms with Gasteiger partial charge >= 0.3 is 0 Å². The molecule has 0 aliphatic rings. The molecule has 0 heterocycles. The fourth-order valence-electron chi connectivity index (χ4n) is 1.11. The summed E-state index contributed by atoms with van der Waals surface area (Å²) in [6.07, 6.45) is 3.65. The van der Waals surface area contributed by atoms with E-state index in [-0.39, 0.29) is 5.91 Å². The Labute approximate surface area is 86.8 Å². The van der Waals surface area contributed by atoms with E-state index in [0.717, 1.165) is 38.9 Å². The van der Waals surface area contributed by atoms with E-state index in [9.17, 15) is 4.79 Å². The summed E-state index contributed by atoms with van der Waals surface area (Å²) in [5.41, 5.74) is 5.35. The maximum Gasteiger partial charge on any atom is 0.220 e. The molecule has 4 heteroatoms. The third-order valence-corrected chi connectivity index (χ3v) is 1.99. The molecule has 3 N–H and O–H groups in total. The maximum absolute atomic E-state index is 11.2. The molecule has 1 amide bonds. The summed E-state index contributed by atoms with van der Waals surface area (Å²) in [4.78, 5) is 13.3. The number of carbonyl (C=O) groups excluding carboxylic acids is 1. The molecule has 0 bridgehead atoms. The first-order chi connectivity index (χ1) is 6.66. The topological polar surface area (TPSA) is 58.4 Å². The van der Waals surface area contributed by atoms with E-state index in [1.54, 1.807) is 0 Å². The second-order valence-corrected chi connectivity index (χ2v) is 3.75. The zero-order valence-corrected chi connectivity index (χ0v) is 9.38. The Kier molecular flexibility index (Phi) is 8.57. The third-order valence-electron chi connectivity index (χ3n) is 1.99. The molecule has 0 spiro atoms. The van der Waals surface area contributed by atoms with Gasteiger partial charge in [0.25, 0.3) is 0 Å². The van der Waals surface area contributed by atoms with Crippen molar-refractivity contribution in [1.29, 1.82) is 0 Å². The van der Waals surface area contributed by atoms with Crippen molar-refractivity contribution in [1.82, 2.24) is 10.2 Å². The Morgan fingerprint density at radius 3 is 2.57 bits per heavy atom. The first-order valence-electron chi connectivity index (χ1n) is 5.28. The Morgan fingerprint density at radius 2 is 2.00 bits per heavy atom.